The third kappa shape index (κ3) is 7.40. The van der Waals surface area contributed by atoms with E-state index in [9.17, 15) is 13.2 Å². The molecule has 0 amide bonds. The van der Waals surface area contributed by atoms with Gasteiger partial charge in [-0.25, -0.2) is 4.79 Å². The van der Waals surface area contributed by atoms with Crippen molar-refractivity contribution in [2.75, 3.05) is 18.6 Å². The van der Waals surface area contributed by atoms with Crippen LogP contribution < -0.4 is 8.92 Å². The predicted octanol–water partition coefficient (Wildman–Crippen LogP) is 5.02. The first-order chi connectivity index (χ1) is 15.7. The lowest BCUT2D eigenvalue weighted by molar-refractivity contribution is -0.139. The van der Waals surface area contributed by atoms with Crippen LogP contribution in [0, 0.1) is 6.92 Å². The van der Waals surface area contributed by atoms with Gasteiger partial charge in [0.05, 0.1) is 6.26 Å². The second-order valence-corrected chi connectivity index (χ2v) is 9.86. The molecule has 3 aromatic rings. The molecule has 6 nitrogen and oxygen atoms in total. The van der Waals surface area contributed by atoms with Crippen LogP contribution in [-0.4, -0.2) is 38.1 Å². The summed E-state index contributed by atoms with van der Waals surface area (Å²) in [5, 5.41) is 8.78. The zero-order chi connectivity index (χ0) is 23.8. The summed E-state index contributed by atoms with van der Waals surface area (Å²) in [6.07, 6.45) is 3.06. The summed E-state index contributed by atoms with van der Waals surface area (Å²) >= 11 is 1.60. The van der Waals surface area contributed by atoms with Crippen LogP contribution in [0.4, 0.5) is 0 Å². The molecular formula is C25H24O6S2. The van der Waals surface area contributed by atoms with Gasteiger partial charge in [0.25, 0.3) is 0 Å². The first kappa shape index (κ1) is 24.4. The van der Waals surface area contributed by atoms with E-state index in [1.807, 2.05) is 67.6 Å². The van der Waals surface area contributed by atoms with E-state index in [1.54, 1.807) is 30.0 Å². The van der Waals surface area contributed by atoms with Crippen LogP contribution in [0.25, 0.3) is 5.57 Å². The lowest BCUT2D eigenvalue weighted by Crippen LogP contribution is -2.09. The van der Waals surface area contributed by atoms with Gasteiger partial charge in [0.2, 0.25) is 0 Å². The molecule has 0 aliphatic heterocycles. The standard InChI is InChI=1S/C25H24O6S2/c1-18-16-20(12-13-23(18)30-17-25(26)27)32-15-14-21(19-8-4-3-5-9-19)22-10-6-7-11-24(22)31-33(2,28)29/h3-14,16H,15,17H2,1-2H3,(H,26,27)/b21-14-. The van der Waals surface area contributed by atoms with Crippen molar-refractivity contribution in [1.82, 2.24) is 0 Å². The Kier molecular flexibility index (Phi) is 8.19. The summed E-state index contributed by atoms with van der Waals surface area (Å²) in [6, 6.07) is 22.3. The first-order valence-electron chi connectivity index (χ1n) is 10.1. The van der Waals surface area contributed by atoms with Gasteiger partial charge in [-0.05, 0) is 47.9 Å². The van der Waals surface area contributed by atoms with Crippen molar-refractivity contribution in [3.63, 3.8) is 0 Å². The second kappa shape index (κ2) is 11.1. The lowest BCUT2D eigenvalue weighted by atomic mass is 9.97. The third-order valence-corrected chi connectivity index (χ3v) is 5.94. The molecule has 0 aliphatic rings. The Labute approximate surface area is 198 Å². The largest absolute Gasteiger partial charge is 0.482 e. The van der Waals surface area contributed by atoms with Gasteiger partial charge in [0, 0.05) is 16.2 Å². The van der Waals surface area contributed by atoms with Crippen molar-refractivity contribution >= 4 is 33.4 Å². The molecule has 0 heterocycles. The Bertz CT molecular complexity index is 1250. The molecule has 0 aromatic heterocycles. The highest BCUT2D eigenvalue weighted by Crippen LogP contribution is 2.33. The summed E-state index contributed by atoms with van der Waals surface area (Å²) in [4.78, 5) is 11.7. The van der Waals surface area contributed by atoms with Gasteiger partial charge in [-0.2, -0.15) is 8.42 Å². The molecule has 0 fully saturated rings. The van der Waals surface area contributed by atoms with Crippen LogP contribution in [0.15, 0.2) is 83.8 Å². The van der Waals surface area contributed by atoms with Crippen LogP contribution in [-0.2, 0) is 14.9 Å². The first-order valence-corrected chi connectivity index (χ1v) is 12.9. The molecule has 0 atom stereocenters. The SMILES string of the molecule is Cc1cc(SC/C=C(/c2ccccc2)c2ccccc2OS(C)(=O)=O)ccc1OCC(=O)O. The van der Waals surface area contributed by atoms with Gasteiger partial charge in [-0.15, -0.1) is 11.8 Å². The number of para-hydroxylation sites is 1. The molecule has 0 spiro atoms. The quantitative estimate of drug-likeness (QED) is 0.319. The number of benzene rings is 3. The van der Waals surface area contributed by atoms with Gasteiger partial charge < -0.3 is 14.0 Å². The smallest absolute Gasteiger partial charge is 0.341 e. The highest BCUT2D eigenvalue weighted by molar-refractivity contribution is 7.99. The Balaban J connectivity index is 1.86. The summed E-state index contributed by atoms with van der Waals surface area (Å²) < 4.78 is 34.0. The van der Waals surface area contributed by atoms with Crippen LogP contribution in [0.3, 0.4) is 0 Å². The van der Waals surface area contributed by atoms with Crippen molar-refractivity contribution in [2.45, 2.75) is 11.8 Å². The van der Waals surface area contributed by atoms with Crippen LogP contribution in [0.1, 0.15) is 16.7 Å². The minimum atomic E-state index is -3.68. The Morgan fingerprint density at radius 3 is 2.36 bits per heavy atom. The maximum atomic E-state index is 11.8. The zero-order valence-corrected chi connectivity index (χ0v) is 19.9. The molecule has 0 aliphatic carbocycles. The fourth-order valence-electron chi connectivity index (χ4n) is 3.16. The van der Waals surface area contributed by atoms with E-state index in [2.05, 4.69) is 0 Å². The van der Waals surface area contributed by atoms with Crippen molar-refractivity contribution in [3.8, 4) is 11.5 Å². The molecule has 0 radical (unpaired) electrons. The number of aliphatic carboxylic acids is 1. The number of carbonyl (C=O) groups is 1. The van der Waals surface area contributed by atoms with E-state index >= 15 is 0 Å². The topological polar surface area (TPSA) is 89.9 Å². The summed E-state index contributed by atoms with van der Waals surface area (Å²) in [6.45, 7) is 1.48. The molecule has 8 heteroatoms. The van der Waals surface area contributed by atoms with E-state index in [4.69, 9.17) is 14.0 Å². The molecule has 172 valence electrons. The predicted molar refractivity (Wildman–Crippen MR) is 130 cm³/mol. The fraction of sp³-hybridized carbons (Fsp3) is 0.160. The monoisotopic (exact) mass is 484 g/mol. The highest BCUT2D eigenvalue weighted by atomic mass is 32.2. The van der Waals surface area contributed by atoms with Gasteiger partial charge in [-0.1, -0.05) is 54.6 Å². The Morgan fingerprint density at radius 1 is 1.00 bits per heavy atom. The number of aryl methyl sites for hydroxylation is 1. The lowest BCUT2D eigenvalue weighted by Gasteiger charge is -2.14. The van der Waals surface area contributed by atoms with Crippen molar-refractivity contribution in [1.29, 1.82) is 0 Å². The van der Waals surface area contributed by atoms with Crippen molar-refractivity contribution < 1.29 is 27.2 Å². The number of carboxylic acid groups (broad SMARTS) is 1. The summed E-state index contributed by atoms with van der Waals surface area (Å²) in [7, 11) is -3.68. The molecule has 3 aromatic carbocycles. The van der Waals surface area contributed by atoms with Crippen molar-refractivity contribution in [3.05, 3.63) is 95.6 Å². The van der Waals surface area contributed by atoms with E-state index in [0.717, 1.165) is 27.9 Å². The Hall–Kier alpha value is -3.23. The van der Waals surface area contributed by atoms with Crippen LogP contribution in [0.5, 0.6) is 11.5 Å². The normalized spacial score (nSPS) is 11.8. The van der Waals surface area contributed by atoms with Gasteiger partial charge >= 0.3 is 16.1 Å². The molecule has 0 unspecified atom stereocenters. The number of ether oxygens (including phenoxy) is 1. The molecule has 33 heavy (non-hydrogen) atoms. The van der Waals surface area contributed by atoms with Gasteiger partial charge in [0.1, 0.15) is 11.5 Å². The molecule has 3 rings (SSSR count). The van der Waals surface area contributed by atoms with E-state index in [1.165, 1.54) is 0 Å². The average molecular weight is 485 g/mol. The molecule has 1 N–H and O–H groups in total. The van der Waals surface area contributed by atoms with E-state index in [0.29, 0.717) is 17.1 Å². The van der Waals surface area contributed by atoms with Crippen LogP contribution >= 0.6 is 11.8 Å². The van der Waals surface area contributed by atoms with E-state index < -0.39 is 16.1 Å². The fourth-order valence-corrected chi connectivity index (χ4v) is 4.50. The maximum absolute atomic E-state index is 11.8. The second-order valence-electron chi connectivity index (χ2n) is 7.19. The maximum Gasteiger partial charge on any atom is 0.341 e. The zero-order valence-electron chi connectivity index (χ0n) is 18.2. The number of hydrogen-bond acceptors (Lipinski definition) is 6. The number of carboxylic acids is 1. The summed E-state index contributed by atoms with van der Waals surface area (Å²) in [5.41, 5.74) is 3.33. The van der Waals surface area contributed by atoms with Gasteiger partial charge in [0.15, 0.2) is 6.61 Å². The number of rotatable bonds is 10. The molecule has 0 bridgehead atoms. The van der Waals surface area contributed by atoms with E-state index in [-0.39, 0.29) is 12.4 Å². The average Bonchev–Trinajstić information content (AvgIpc) is 2.76. The van der Waals surface area contributed by atoms with Crippen LogP contribution in [0.2, 0.25) is 0 Å². The third-order valence-electron chi connectivity index (χ3n) is 4.54. The number of hydrogen-bond donors (Lipinski definition) is 1. The molecule has 0 saturated heterocycles. The van der Waals surface area contributed by atoms with Crippen molar-refractivity contribution in [2.24, 2.45) is 0 Å². The number of thioether (sulfide) groups is 1. The molecule has 0 saturated carbocycles. The Morgan fingerprint density at radius 2 is 1.70 bits per heavy atom. The minimum Gasteiger partial charge on any atom is -0.482 e. The van der Waals surface area contributed by atoms with Gasteiger partial charge in [-0.3, -0.25) is 0 Å². The summed E-state index contributed by atoms with van der Waals surface area (Å²) in [5.74, 6) is 0.406. The minimum absolute atomic E-state index is 0.274. The highest BCUT2D eigenvalue weighted by Gasteiger charge is 2.14. The molecular weight excluding hydrogens is 460 g/mol.